The minimum Gasteiger partial charge on any atom is -0.507 e. The molecule has 0 spiro atoms. The zero-order valence-electron chi connectivity index (χ0n) is 13.3. The topological polar surface area (TPSA) is 49.8 Å². The van der Waals surface area contributed by atoms with Crippen molar-refractivity contribution in [2.75, 3.05) is 26.3 Å². The molecule has 1 N–H and O–H groups in total. The van der Waals surface area contributed by atoms with Gasteiger partial charge in [0.1, 0.15) is 5.75 Å². The van der Waals surface area contributed by atoms with Gasteiger partial charge in [-0.15, -0.1) is 0 Å². The number of carbonyl (C=O) groups excluding carboxylic acids is 1. The Morgan fingerprint density at radius 2 is 2.05 bits per heavy atom. The highest BCUT2D eigenvalue weighted by Gasteiger charge is 2.33. The summed E-state index contributed by atoms with van der Waals surface area (Å²) in [7, 11) is 0. The minimum absolute atomic E-state index is 0.0327. The number of phenolic OH excluding ortho intramolecular Hbond substituents is 1. The molecule has 1 amide bonds. The number of phenols is 1. The van der Waals surface area contributed by atoms with Crippen molar-refractivity contribution in [3.8, 4) is 5.75 Å². The summed E-state index contributed by atoms with van der Waals surface area (Å²) in [5, 5.41) is 10.1. The molecular weight excluding hydrogens is 278 g/mol. The molecule has 2 aliphatic rings. The SMILES string of the molecule is CCc1ccc(C(=O)N2CC[C@@H](C3CCOCC3)C2)c(O)c1. The lowest BCUT2D eigenvalue weighted by Gasteiger charge is -2.27. The van der Waals surface area contributed by atoms with E-state index in [-0.39, 0.29) is 11.7 Å². The molecule has 2 aliphatic heterocycles. The third-order valence-corrected chi connectivity index (χ3v) is 5.15. The summed E-state index contributed by atoms with van der Waals surface area (Å²) in [5.41, 5.74) is 1.49. The Hall–Kier alpha value is -1.55. The average molecular weight is 303 g/mol. The number of carbonyl (C=O) groups is 1. The molecule has 2 fully saturated rings. The van der Waals surface area contributed by atoms with E-state index in [2.05, 4.69) is 0 Å². The molecule has 0 bridgehead atoms. The van der Waals surface area contributed by atoms with Crippen molar-refractivity contribution in [2.45, 2.75) is 32.6 Å². The van der Waals surface area contributed by atoms with Gasteiger partial charge >= 0.3 is 0 Å². The summed E-state index contributed by atoms with van der Waals surface area (Å²) < 4.78 is 5.43. The highest BCUT2D eigenvalue weighted by Crippen LogP contribution is 2.32. The van der Waals surface area contributed by atoms with Crippen LogP contribution >= 0.6 is 0 Å². The summed E-state index contributed by atoms with van der Waals surface area (Å²) in [6.07, 6.45) is 4.16. The van der Waals surface area contributed by atoms with Crippen molar-refractivity contribution in [3.63, 3.8) is 0 Å². The van der Waals surface area contributed by atoms with E-state index in [0.717, 1.165) is 57.6 Å². The van der Waals surface area contributed by atoms with E-state index in [1.54, 1.807) is 12.1 Å². The Kier molecular flexibility index (Phi) is 4.67. The number of likely N-dealkylation sites (tertiary alicyclic amines) is 1. The van der Waals surface area contributed by atoms with Gasteiger partial charge in [0, 0.05) is 26.3 Å². The third-order valence-electron chi connectivity index (χ3n) is 5.15. The Labute approximate surface area is 132 Å². The molecule has 0 saturated carbocycles. The van der Waals surface area contributed by atoms with Crippen LogP contribution in [0.25, 0.3) is 0 Å². The summed E-state index contributed by atoms with van der Waals surface area (Å²) in [6, 6.07) is 5.40. The first-order valence-electron chi connectivity index (χ1n) is 8.38. The Morgan fingerprint density at radius 1 is 1.27 bits per heavy atom. The molecule has 1 aromatic rings. The second-order valence-electron chi connectivity index (χ2n) is 6.45. The fourth-order valence-electron chi connectivity index (χ4n) is 3.69. The van der Waals surface area contributed by atoms with Crippen molar-refractivity contribution >= 4 is 5.91 Å². The number of rotatable bonds is 3. The standard InChI is InChI=1S/C18H25NO3/c1-2-13-3-4-16(17(20)11-13)18(21)19-8-5-15(12-19)14-6-9-22-10-7-14/h3-4,11,14-15,20H,2,5-10,12H2,1H3/t15-/m1/s1. The number of benzene rings is 1. The molecule has 4 heteroatoms. The molecule has 0 aliphatic carbocycles. The van der Waals surface area contributed by atoms with E-state index in [1.165, 1.54) is 0 Å². The zero-order chi connectivity index (χ0) is 15.5. The van der Waals surface area contributed by atoms with Gasteiger partial charge in [-0.05, 0) is 55.2 Å². The van der Waals surface area contributed by atoms with Crippen molar-refractivity contribution in [2.24, 2.45) is 11.8 Å². The molecule has 2 heterocycles. The van der Waals surface area contributed by atoms with Gasteiger partial charge < -0.3 is 14.7 Å². The number of ether oxygens (including phenoxy) is 1. The third kappa shape index (κ3) is 3.12. The van der Waals surface area contributed by atoms with E-state index >= 15 is 0 Å². The molecular formula is C18H25NO3. The summed E-state index contributed by atoms with van der Waals surface area (Å²) in [6.45, 7) is 5.37. The number of aryl methyl sites for hydroxylation is 1. The summed E-state index contributed by atoms with van der Waals surface area (Å²) in [4.78, 5) is 14.5. The maximum atomic E-state index is 12.6. The second kappa shape index (κ2) is 6.69. The van der Waals surface area contributed by atoms with E-state index in [1.807, 2.05) is 17.9 Å². The molecule has 0 unspecified atom stereocenters. The van der Waals surface area contributed by atoms with Crippen molar-refractivity contribution in [1.82, 2.24) is 4.90 Å². The quantitative estimate of drug-likeness (QED) is 0.934. The molecule has 120 valence electrons. The summed E-state index contributed by atoms with van der Waals surface area (Å²) in [5.74, 6) is 1.35. The van der Waals surface area contributed by atoms with Gasteiger partial charge in [0.25, 0.3) is 5.91 Å². The van der Waals surface area contributed by atoms with Gasteiger partial charge in [0.15, 0.2) is 0 Å². The largest absolute Gasteiger partial charge is 0.507 e. The van der Waals surface area contributed by atoms with E-state index in [9.17, 15) is 9.90 Å². The van der Waals surface area contributed by atoms with Gasteiger partial charge in [-0.3, -0.25) is 4.79 Å². The highest BCUT2D eigenvalue weighted by molar-refractivity contribution is 5.97. The maximum Gasteiger partial charge on any atom is 0.257 e. The normalized spacial score (nSPS) is 23.0. The second-order valence-corrected chi connectivity index (χ2v) is 6.45. The van der Waals surface area contributed by atoms with Gasteiger partial charge in [0.2, 0.25) is 0 Å². The van der Waals surface area contributed by atoms with Crippen molar-refractivity contribution in [1.29, 1.82) is 0 Å². The van der Waals surface area contributed by atoms with Crippen LogP contribution in [-0.2, 0) is 11.2 Å². The number of amides is 1. The first kappa shape index (κ1) is 15.3. The number of hydrogen-bond acceptors (Lipinski definition) is 3. The maximum absolute atomic E-state index is 12.6. The lowest BCUT2D eigenvalue weighted by atomic mass is 9.85. The fraction of sp³-hybridized carbons (Fsp3) is 0.611. The number of nitrogens with zero attached hydrogens (tertiary/aromatic N) is 1. The Morgan fingerprint density at radius 3 is 2.73 bits per heavy atom. The molecule has 1 aromatic carbocycles. The lowest BCUT2D eigenvalue weighted by molar-refractivity contribution is 0.0471. The van der Waals surface area contributed by atoms with Crippen molar-refractivity contribution < 1.29 is 14.6 Å². The van der Waals surface area contributed by atoms with E-state index in [4.69, 9.17) is 4.74 Å². The van der Waals surface area contributed by atoms with E-state index in [0.29, 0.717) is 17.4 Å². The van der Waals surface area contributed by atoms with E-state index < -0.39 is 0 Å². The first-order valence-corrected chi connectivity index (χ1v) is 8.38. The van der Waals surface area contributed by atoms with Crippen LogP contribution in [-0.4, -0.2) is 42.2 Å². The van der Waals surface area contributed by atoms with Crippen molar-refractivity contribution in [3.05, 3.63) is 29.3 Å². The van der Waals surface area contributed by atoms with Gasteiger partial charge in [0.05, 0.1) is 5.56 Å². The predicted octanol–water partition coefficient (Wildman–Crippen LogP) is 2.84. The van der Waals surface area contributed by atoms with Crippen LogP contribution in [0.15, 0.2) is 18.2 Å². The Balaban J connectivity index is 1.66. The molecule has 3 rings (SSSR count). The number of hydrogen-bond donors (Lipinski definition) is 1. The van der Waals surface area contributed by atoms with Crippen LogP contribution in [0.2, 0.25) is 0 Å². The molecule has 1 atom stereocenters. The van der Waals surface area contributed by atoms with Crippen LogP contribution in [0.5, 0.6) is 5.75 Å². The van der Waals surface area contributed by atoms with Gasteiger partial charge in [-0.2, -0.15) is 0 Å². The van der Waals surface area contributed by atoms with Crippen LogP contribution in [0, 0.1) is 11.8 Å². The average Bonchev–Trinajstić information content (AvgIpc) is 3.05. The lowest BCUT2D eigenvalue weighted by Crippen LogP contribution is -2.31. The molecule has 0 radical (unpaired) electrons. The van der Waals surface area contributed by atoms with Crippen LogP contribution < -0.4 is 0 Å². The molecule has 22 heavy (non-hydrogen) atoms. The zero-order valence-corrected chi connectivity index (χ0v) is 13.3. The smallest absolute Gasteiger partial charge is 0.257 e. The monoisotopic (exact) mass is 303 g/mol. The van der Waals surface area contributed by atoms with Crippen LogP contribution in [0.3, 0.4) is 0 Å². The fourth-order valence-corrected chi connectivity index (χ4v) is 3.69. The van der Waals surface area contributed by atoms with Crippen LogP contribution in [0.4, 0.5) is 0 Å². The molecule has 0 aromatic heterocycles. The van der Waals surface area contributed by atoms with Crippen LogP contribution in [0.1, 0.15) is 42.1 Å². The molecule has 4 nitrogen and oxygen atoms in total. The summed E-state index contributed by atoms with van der Waals surface area (Å²) >= 11 is 0. The number of aromatic hydroxyl groups is 1. The highest BCUT2D eigenvalue weighted by atomic mass is 16.5. The first-order chi connectivity index (χ1) is 10.7. The van der Waals surface area contributed by atoms with Gasteiger partial charge in [-0.1, -0.05) is 13.0 Å². The minimum atomic E-state index is -0.0327. The molecule has 2 saturated heterocycles. The predicted molar refractivity (Wildman–Crippen MR) is 85.0 cm³/mol. The Bertz CT molecular complexity index is 537. The van der Waals surface area contributed by atoms with Gasteiger partial charge in [-0.25, -0.2) is 0 Å².